The van der Waals surface area contributed by atoms with E-state index in [9.17, 15) is 14.9 Å². The third kappa shape index (κ3) is 4.08. The summed E-state index contributed by atoms with van der Waals surface area (Å²) in [6.07, 6.45) is 2.76. The maximum atomic E-state index is 11.9. The molecule has 0 aliphatic carbocycles. The van der Waals surface area contributed by atoms with E-state index in [-0.39, 0.29) is 11.4 Å². The molecule has 23 heavy (non-hydrogen) atoms. The lowest BCUT2D eigenvalue weighted by molar-refractivity contribution is -0.383. The van der Waals surface area contributed by atoms with Crippen molar-refractivity contribution in [3.05, 3.63) is 69.2 Å². The molecule has 1 N–H and O–H groups in total. The number of methoxy groups -OCH3 is 1. The number of nitrogens with zero attached hydrogens (tertiary/aromatic N) is 1. The topological polar surface area (TPSA) is 81.5 Å². The van der Waals surface area contributed by atoms with Crippen molar-refractivity contribution in [2.75, 3.05) is 12.4 Å². The highest BCUT2D eigenvalue weighted by atomic mass is 35.5. The Morgan fingerprint density at radius 3 is 2.70 bits per heavy atom. The molecule has 0 aliphatic heterocycles. The second-order valence-corrected chi connectivity index (χ2v) is 4.84. The number of nitro groups is 1. The molecule has 2 rings (SSSR count). The Morgan fingerprint density at radius 1 is 1.26 bits per heavy atom. The minimum absolute atomic E-state index is 0.129. The quantitative estimate of drug-likeness (QED) is 0.511. The minimum atomic E-state index is -0.557. The van der Waals surface area contributed by atoms with Crippen LogP contribution >= 0.6 is 11.6 Å². The first-order chi connectivity index (χ1) is 11.0. The predicted octanol–water partition coefficient (Wildman–Crippen LogP) is 3.91. The predicted molar refractivity (Wildman–Crippen MR) is 88.8 cm³/mol. The van der Waals surface area contributed by atoms with Crippen LogP contribution in [0.1, 0.15) is 5.56 Å². The number of carbonyl (C=O) groups is 1. The fraction of sp³-hybridized carbons (Fsp3) is 0.0625. The van der Waals surface area contributed by atoms with Crippen LogP contribution in [0.2, 0.25) is 5.02 Å². The Hall–Kier alpha value is -2.86. The van der Waals surface area contributed by atoms with Crippen LogP contribution in [0.25, 0.3) is 6.08 Å². The summed E-state index contributed by atoms with van der Waals surface area (Å²) in [4.78, 5) is 22.3. The number of hydrogen-bond acceptors (Lipinski definition) is 4. The van der Waals surface area contributed by atoms with Gasteiger partial charge in [0.1, 0.15) is 11.4 Å². The number of anilines is 1. The molecule has 0 bridgehead atoms. The van der Waals surface area contributed by atoms with Gasteiger partial charge in [-0.05, 0) is 23.8 Å². The molecule has 0 unspecified atom stereocenters. The van der Waals surface area contributed by atoms with E-state index in [2.05, 4.69) is 5.32 Å². The number of rotatable bonds is 5. The van der Waals surface area contributed by atoms with E-state index < -0.39 is 10.8 Å². The SMILES string of the molecule is COc1cccc(/C=C/C(=O)Nc2ccccc2[N+](=O)[O-])c1Cl. The first-order valence-corrected chi connectivity index (χ1v) is 6.95. The summed E-state index contributed by atoms with van der Waals surface area (Å²) in [5, 5.41) is 13.8. The van der Waals surface area contributed by atoms with Crippen LogP contribution in [0.4, 0.5) is 11.4 Å². The number of carbonyl (C=O) groups excluding carboxylic acids is 1. The van der Waals surface area contributed by atoms with E-state index >= 15 is 0 Å². The van der Waals surface area contributed by atoms with Gasteiger partial charge in [-0.3, -0.25) is 14.9 Å². The Kier molecular flexibility index (Phi) is 5.32. The molecule has 0 aromatic heterocycles. The summed E-state index contributed by atoms with van der Waals surface area (Å²) in [5.41, 5.74) is 0.557. The summed E-state index contributed by atoms with van der Waals surface area (Å²) < 4.78 is 5.09. The van der Waals surface area contributed by atoms with Gasteiger partial charge in [-0.1, -0.05) is 35.9 Å². The van der Waals surface area contributed by atoms with Crippen LogP contribution in [-0.4, -0.2) is 17.9 Å². The second-order valence-electron chi connectivity index (χ2n) is 4.46. The van der Waals surface area contributed by atoms with Crippen molar-refractivity contribution in [2.24, 2.45) is 0 Å². The molecule has 7 heteroatoms. The zero-order valence-electron chi connectivity index (χ0n) is 12.2. The number of benzene rings is 2. The van der Waals surface area contributed by atoms with Crippen molar-refractivity contribution in [1.82, 2.24) is 0 Å². The molecule has 0 atom stereocenters. The third-order valence-electron chi connectivity index (χ3n) is 2.99. The lowest BCUT2D eigenvalue weighted by atomic mass is 10.2. The summed E-state index contributed by atoms with van der Waals surface area (Å²) in [7, 11) is 1.50. The number of hydrogen-bond donors (Lipinski definition) is 1. The van der Waals surface area contributed by atoms with Gasteiger partial charge in [0.15, 0.2) is 0 Å². The Balaban J connectivity index is 2.16. The molecule has 0 spiro atoms. The highest BCUT2D eigenvalue weighted by molar-refractivity contribution is 6.33. The maximum absolute atomic E-state index is 11.9. The summed E-state index contributed by atoms with van der Waals surface area (Å²) in [6.45, 7) is 0. The molecule has 2 aromatic carbocycles. The maximum Gasteiger partial charge on any atom is 0.292 e. The van der Waals surface area contributed by atoms with Crippen LogP contribution in [0.15, 0.2) is 48.5 Å². The third-order valence-corrected chi connectivity index (χ3v) is 3.39. The molecule has 2 aromatic rings. The standard InChI is InChI=1S/C16H13ClN2O4/c1-23-14-8-4-5-11(16(14)17)9-10-15(20)18-12-6-2-3-7-13(12)19(21)22/h2-10H,1H3,(H,18,20)/b10-9+. The highest BCUT2D eigenvalue weighted by Crippen LogP contribution is 2.28. The number of nitrogens with one attached hydrogen (secondary N) is 1. The van der Waals surface area contributed by atoms with Crippen LogP contribution < -0.4 is 10.1 Å². The van der Waals surface area contributed by atoms with Crippen LogP contribution in [0.3, 0.4) is 0 Å². The molecule has 0 aliphatic rings. The summed E-state index contributed by atoms with van der Waals surface area (Å²) in [6, 6.07) is 11.1. The first kappa shape index (κ1) is 16.5. The van der Waals surface area contributed by atoms with E-state index in [1.54, 1.807) is 24.3 Å². The Bertz CT molecular complexity index is 774. The van der Waals surface area contributed by atoms with Crippen molar-refractivity contribution in [3.8, 4) is 5.75 Å². The smallest absolute Gasteiger partial charge is 0.292 e. The zero-order chi connectivity index (χ0) is 16.8. The monoisotopic (exact) mass is 332 g/mol. The van der Waals surface area contributed by atoms with E-state index in [0.29, 0.717) is 16.3 Å². The van der Waals surface area contributed by atoms with E-state index in [1.807, 2.05) is 0 Å². The van der Waals surface area contributed by atoms with Crippen LogP contribution in [0.5, 0.6) is 5.75 Å². The minimum Gasteiger partial charge on any atom is -0.495 e. The van der Waals surface area contributed by atoms with Gasteiger partial charge in [-0.25, -0.2) is 0 Å². The highest BCUT2D eigenvalue weighted by Gasteiger charge is 2.13. The number of nitro benzene ring substituents is 1. The normalized spacial score (nSPS) is 10.5. The average Bonchev–Trinajstić information content (AvgIpc) is 2.54. The first-order valence-electron chi connectivity index (χ1n) is 6.58. The average molecular weight is 333 g/mol. The van der Waals surface area contributed by atoms with Gasteiger partial charge in [-0.2, -0.15) is 0 Å². The summed E-state index contributed by atoms with van der Waals surface area (Å²) in [5.74, 6) is -0.00823. The molecule has 0 heterocycles. The van der Waals surface area contributed by atoms with Crippen molar-refractivity contribution >= 4 is 35.0 Å². The van der Waals surface area contributed by atoms with Crippen LogP contribution in [-0.2, 0) is 4.79 Å². The summed E-state index contributed by atoms with van der Waals surface area (Å²) >= 11 is 6.12. The fourth-order valence-corrected chi connectivity index (χ4v) is 2.16. The zero-order valence-corrected chi connectivity index (χ0v) is 12.9. The van der Waals surface area contributed by atoms with E-state index in [4.69, 9.17) is 16.3 Å². The number of ether oxygens (including phenoxy) is 1. The van der Waals surface area contributed by atoms with Gasteiger partial charge >= 0.3 is 0 Å². The Labute approximate surface area is 137 Å². The van der Waals surface area contributed by atoms with Crippen molar-refractivity contribution in [2.45, 2.75) is 0 Å². The molecule has 0 fully saturated rings. The lowest BCUT2D eigenvalue weighted by Crippen LogP contribution is -2.09. The largest absolute Gasteiger partial charge is 0.495 e. The number of amides is 1. The van der Waals surface area contributed by atoms with Gasteiger partial charge in [0.2, 0.25) is 5.91 Å². The lowest BCUT2D eigenvalue weighted by Gasteiger charge is -2.05. The molecule has 6 nitrogen and oxygen atoms in total. The molecule has 1 amide bonds. The van der Waals surface area contributed by atoms with Crippen molar-refractivity contribution in [1.29, 1.82) is 0 Å². The molecule has 0 saturated carbocycles. The molecule has 0 radical (unpaired) electrons. The fourth-order valence-electron chi connectivity index (χ4n) is 1.89. The molecular weight excluding hydrogens is 320 g/mol. The Morgan fingerprint density at radius 2 is 2.00 bits per heavy atom. The van der Waals surface area contributed by atoms with E-state index in [1.165, 1.54) is 37.5 Å². The second kappa shape index (κ2) is 7.42. The van der Waals surface area contributed by atoms with Crippen LogP contribution in [0, 0.1) is 10.1 Å². The molecular formula is C16H13ClN2O4. The van der Waals surface area contributed by atoms with Gasteiger partial charge in [0.05, 0.1) is 17.1 Å². The van der Waals surface area contributed by atoms with E-state index in [0.717, 1.165) is 0 Å². The number of halogens is 1. The number of para-hydroxylation sites is 2. The van der Waals surface area contributed by atoms with Gasteiger partial charge in [-0.15, -0.1) is 0 Å². The van der Waals surface area contributed by atoms with Gasteiger partial charge in [0, 0.05) is 12.1 Å². The van der Waals surface area contributed by atoms with Gasteiger partial charge < -0.3 is 10.1 Å². The molecule has 118 valence electrons. The van der Waals surface area contributed by atoms with Crippen molar-refractivity contribution < 1.29 is 14.5 Å². The van der Waals surface area contributed by atoms with Crippen molar-refractivity contribution in [3.63, 3.8) is 0 Å². The molecule has 0 saturated heterocycles. The van der Waals surface area contributed by atoms with Gasteiger partial charge in [0.25, 0.3) is 5.69 Å².